The summed E-state index contributed by atoms with van der Waals surface area (Å²) in [5, 5.41) is 10.5. The number of hydrogen-bond acceptors (Lipinski definition) is 0. The molecule has 0 bridgehead atoms. The minimum absolute atomic E-state index is 1.28. The van der Waals surface area contributed by atoms with E-state index in [0.717, 1.165) is 0 Å². The maximum absolute atomic E-state index is 2.25. The maximum atomic E-state index is 2.25. The second-order valence-electron chi connectivity index (χ2n) is 29.5. The van der Waals surface area contributed by atoms with E-state index in [-0.39, 0.29) is 0 Å². The van der Waals surface area contributed by atoms with Crippen LogP contribution in [-0.2, 0) is 0 Å². The summed E-state index contributed by atoms with van der Waals surface area (Å²) < 4.78 is 0. The molecule has 0 spiro atoms. The van der Waals surface area contributed by atoms with Gasteiger partial charge in [-0.25, -0.2) is 0 Å². The summed E-state index contributed by atoms with van der Waals surface area (Å²) in [5.74, 6) is 0. The third-order valence-electron chi connectivity index (χ3n) is 20.1. The molecular weight excluding hydrogens is 1390 g/mol. The van der Waals surface area contributed by atoms with Crippen LogP contribution < -0.4 is 0 Å². The van der Waals surface area contributed by atoms with Gasteiger partial charge in [-0.05, 0) is 196 Å². The lowest BCUT2D eigenvalue weighted by Gasteiger charge is -2.07. The Balaban J connectivity index is 0.000000129. The lowest BCUT2D eigenvalue weighted by Crippen LogP contribution is -1.81. The summed E-state index contributed by atoms with van der Waals surface area (Å²) >= 11 is 0. The van der Waals surface area contributed by atoms with Gasteiger partial charge in [-0.2, -0.15) is 0 Å². The molecule has 0 aromatic heterocycles. The Morgan fingerprint density at radius 3 is 0.819 bits per heavy atom. The number of benzene rings is 19. The molecule has 19 aromatic rings. The third kappa shape index (κ3) is 25.9. The second-order valence-corrected chi connectivity index (χ2v) is 29.5. The Morgan fingerprint density at radius 1 is 0.112 bits per heavy atom. The Hall–Kier alpha value is -13.8. The molecular formula is C116H106. The van der Waals surface area contributed by atoms with Crippen LogP contribution in [0.4, 0.5) is 0 Å². The van der Waals surface area contributed by atoms with Crippen molar-refractivity contribution in [2.24, 2.45) is 0 Å². The number of rotatable bonds is 6. The van der Waals surface area contributed by atoms with Crippen molar-refractivity contribution in [1.82, 2.24) is 0 Å². The minimum Gasteiger partial charge on any atom is -0.0622 e. The van der Waals surface area contributed by atoms with E-state index in [1.54, 1.807) is 0 Å². The molecule has 0 N–H and O–H groups in total. The van der Waals surface area contributed by atoms with Gasteiger partial charge in [0, 0.05) is 0 Å². The van der Waals surface area contributed by atoms with Crippen molar-refractivity contribution >= 4 is 43.1 Å². The average molecular weight is 1500 g/mol. The fourth-order valence-electron chi connectivity index (χ4n) is 13.4. The lowest BCUT2D eigenvalue weighted by atomic mass is 9.98. The molecule has 0 radical (unpaired) electrons. The van der Waals surface area contributed by atoms with E-state index in [1.807, 2.05) is 36.4 Å². The molecule has 0 unspecified atom stereocenters. The van der Waals surface area contributed by atoms with Gasteiger partial charge in [-0.3, -0.25) is 0 Å². The molecule has 570 valence electrons. The van der Waals surface area contributed by atoms with E-state index < -0.39 is 0 Å². The Bertz CT molecular complexity index is 6040. The first-order valence-corrected chi connectivity index (χ1v) is 40.2. The van der Waals surface area contributed by atoms with Gasteiger partial charge in [0.15, 0.2) is 0 Å². The summed E-state index contributed by atoms with van der Waals surface area (Å²) in [6, 6.07) is 162. The maximum Gasteiger partial charge on any atom is -0.0105 e. The van der Waals surface area contributed by atoms with Crippen LogP contribution in [0, 0.1) is 69.2 Å². The first-order chi connectivity index (χ1) is 56.7. The highest BCUT2D eigenvalue weighted by molar-refractivity contribution is 5.97. The largest absolute Gasteiger partial charge is 0.0622 e. The third-order valence-corrected chi connectivity index (χ3v) is 20.1. The normalized spacial score (nSPS) is 10.2. The summed E-state index contributed by atoms with van der Waals surface area (Å²) in [5.41, 5.74) is 28.6. The van der Waals surface area contributed by atoms with Crippen LogP contribution in [0.5, 0.6) is 0 Å². The minimum atomic E-state index is 1.28. The summed E-state index contributed by atoms with van der Waals surface area (Å²) in [6.07, 6.45) is 0. The first kappa shape index (κ1) is 83.2. The van der Waals surface area contributed by atoms with E-state index in [9.17, 15) is 0 Å². The highest BCUT2D eigenvalue weighted by Crippen LogP contribution is 2.31. The quantitative estimate of drug-likeness (QED) is 0.156. The van der Waals surface area contributed by atoms with Crippen molar-refractivity contribution in [3.8, 4) is 66.8 Å². The SMILES string of the molecule is Cc1ccc(-c2ccc(C)cc2)cc1.Cc1ccc(-c2ccc3ccccc3c2)cc1.Cc1ccc(-c2cccc3ccccc23)cc1.Cc1ccc(-c2ccccc2)cc1.Cc1ccc2ccccc2c1.Cc1cccc(-c2ccccc2)c1.Cc1cccc2ccccc12.Cc1ccccc1.Cc1ccccc1-c1ccccc1. The summed E-state index contributed by atoms with van der Waals surface area (Å²) in [4.78, 5) is 0. The van der Waals surface area contributed by atoms with Crippen molar-refractivity contribution in [2.75, 3.05) is 0 Å². The molecule has 0 heteroatoms. The predicted octanol–water partition coefficient (Wildman–Crippen LogP) is 32.9. The van der Waals surface area contributed by atoms with Gasteiger partial charge in [0.25, 0.3) is 0 Å². The van der Waals surface area contributed by atoms with Crippen LogP contribution in [0.1, 0.15) is 55.6 Å². The molecule has 0 heterocycles. The topological polar surface area (TPSA) is 0 Å². The van der Waals surface area contributed by atoms with Crippen molar-refractivity contribution < 1.29 is 0 Å². The molecule has 19 rings (SSSR count). The highest BCUT2D eigenvalue weighted by atomic mass is 14.1. The van der Waals surface area contributed by atoms with E-state index >= 15 is 0 Å². The highest BCUT2D eigenvalue weighted by Gasteiger charge is 2.05. The lowest BCUT2D eigenvalue weighted by molar-refractivity contribution is 1.45. The van der Waals surface area contributed by atoms with Gasteiger partial charge in [0.05, 0.1) is 0 Å². The molecule has 0 saturated carbocycles. The fraction of sp³-hybridized carbons (Fsp3) is 0.0862. The van der Waals surface area contributed by atoms with Crippen molar-refractivity contribution in [1.29, 1.82) is 0 Å². The van der Waals surface area contributed by atoms with Gasteiger partial charge in [0.1, 0.15) is 0 Å². The molecule has 116 heavy (non-hydrogen) atoms. The van der Waals surface area contributed by atoms with Crippen LogP contribution in [0.2, 0.25) is 0 Å². The van der Waals surface area contributed by atoms with Crippen LogP contribution in [0.3, 0.4) is 0 Å². The first-order valence-electron chi connectivity index (χ1n) is 40.2. The summed E-state index contributed by atoms with van der Waals surface area (Å²) in [6.45, 7) is 21.2. The van der Waals surface area contributed by atoms with Crippen molar-refractivity contribution in [3.63, 3.8) is 0 Å². The van der Waals surface area contributed by atoms with Crippen LogP contribution >= 0.6 is 0 Å². The standard InChI is InChI=1S/2C17H14.C14H14.3C13H12.2C11H10.C7H8/c1-13-9-11-15(12-10-13)17-8-4-6-14-5-2-3-7-16(14)17;1-13-6-8-15(9-7-13)17-11-10-14-4-2-3-5-16(14)12-17;1-11-3-7-13(8-4-11)14-9-5-12(2)6-10-14;1-11-7-5-6-10-13(11)12-8-3-2-4-9-12;1-11-6-5-9-13(10-11)12-7-3-2-4-8-12;1-11-7-9-13(10-8-11)12-5-3-2-4-6-12;1-9-5-4-7-10-6-2-3-8-11(9)10;1-9-6-7-10-4-2-3-5-11(10)8-9;1-7-5-3-2-4-6-7/h2*2-12H,1H3;3-10H,1-2H3;3*2-10H,1H3;2*2-8H,1H3;2-6H,1H3. The summed E-state index contributed by atoms with van der Waals surface area (Å²) in [7, 11) is 0. The smallest absolute Gasteiger partial charge is 0.0105 e. The second kappa shape index (κ2) is 43.9. The number of fused-ring (bicyclic) bond motifs is 4. The monoisotopic (exact) mass is 1500 g/mol. The number of aryl methyl sites for hydroxylation is 10. The molecule has 0 fully saturated rings. The zero-order chi connectivity index (χ0) is 81.1. The van der Waals surface area contributed by atoms with Crippen LogP contribution in [0.25, 0.3) is 110 Å². The van der Waals surface area contributed by atoms with Gasteiger partial charge < -0.3 is 0 Å². The average Bonchev–Trinajstić information content (AvgIpc) is 0.821. The zero-order valence-electron chi connectivity index (χ0n) is 68.9. The Morgan fingerprint density at radius 2 is 0.362 bits per heavy atom. The van der Waals surface area contributed by atoms with E-state index in [1.165, 1.54) is 165 Å². The molecule has 0 aliphatic heterocycles. The van der Waals surface area contributed by atoms with Crippen LogP contribution in [0.15, 0.2) is 461 Å². The molecule has 0 saturated heterocycles. The molecule has 0 amide bonds. The van der Waals surface area contributed by atoms with E-state index in [4.69, 9.17) is 0 Å². The number of hydrogen-bond donors (Lipinski definition) is 0. The van der Waals surface area contributed by atoms with Crippen LogP contribution in [-0.4, -0.2) is 0 Å². The predicted molar refractivity (Wildman–Crippen MR) is 508 cm³/mol. The Labute approximate surface area is 691 Å². The molecule has 0 nitrogen and oxygen atoms in total. The zero-order valence-corrected chi connectivity index (χ0v) is 68.9. The molecule has 0 aliphatic carbocycles. The van der Waals surface area contributed by atoms with E-state index in [0.29, 0.717) is 0 Å². The molecule has 0 atom stereocenters. The van der Waals surface area contributed by atoms with E-state index in [2.05, 4.69) is 494 Å². The van der Waals surface area contributed by atoms with Gasteiger partial charge in [0.2, 0.25) is 0 Å². The van der Waals surface area contributed by atoms with Gasteiger partial charge in [-0.15, -0.1) is 0 Å². The molecule has 0 aliphatic rings. The molecule has 19 aromatic carbocycles. The van der Waals surface area contributed by atoms with Gasteiger partial charge >= 0.3 is 0 Å². The van der Waals surface area contributed by atoms with Crippen molar-refractivity contribution in [3.05, 3.63) is 517 Å². The fourth-order valence-corrected chi connectivity index (χ4v) is 13.4. The Kier molecular flexibility index (Phi) is 31.5. The van der Waals surface area contributed by atoms with Crippen molar-refractivity contribution in [2.45, 2.75) is 69.2 Å². The van der Waals surface area contributed by atoms with Gasteiger partial charge in [-0.1, -0.05) is 499 Å².